The Morgan fingerprint density at radius 1 is 1.31 bits per heavy atom. The maximum atomic E-state index is 11.4. The van der Waals surface area contributed by atoms with Gasteiger partial charge in [-0.15, -0.1) is 0 Å². The van der Waals surface area contributed by atoms with Crippen LogP contribution in [0.4, 0.5) is 0 Å². The highest BCUT2D eigenvalue weighted by atomic mass is 16.5. The lowest BCUT2D eigenvalue weighted by Crippen LogP contribution is -2.24. The van der Waals surface area contributed by atoms with Gasteiger partial charge >= 0.3 is 5.97 Å². The van der Waals surface area contributed by atoms with E-state index in [1.807, 2.05) is 0 Å². The molecule has 0 aromatic heterocycles. The summed E-state index contributed by atoms with van der Waals surface area (Å²) in [5.74, 6) is -0.785. The largest absolute Gasteiger partial charge is 0.508 e. The summed E-state index contributed by atoms with van der Waals surface area (Å²) in [5, 5.41) is 18.2. The lowest BCUT2D eigenvalue weighted by atomic mass is 10.1. The second kappa shape index (κ2) is 5.51. The molecule has 0 heterocycles. The average Bonchev–Trinajstić information content (AvgIpc) is 2.26. The van der Waals surface area contributed by atoms with Crippen molar-refractivity contribution < 1.29 is 19.7 Å². The minimum atomic E-state index is -0.715. The Labute approximate surface area is 94.5 Å². The number of benzene rings is 1. The van der Waals surface area contributed by atoms with Crippen molar-refractivity contribution in [3.8, 4) is 5.75 Å². The first-order chi connectivity index (χ1) is 7.50. The van der Waals surface area contributed by atoms with Crippen LogP contribution in [-0.2, 0) is 16.1 Å². The second-order valence-corrected chi connectivity index (χ2v) is 3.80. The van der Waals surface area contributed by atoms with E-state index >= 15 is 0 Å². The van der Waals surface area contributed by atoms with E-state index in [0.29, 0.717) is 0 Å². The molecule has 0 bridgehead atoms. The van der Waals surface area contributed by atoms with Gasteiger partial charge in [0.15, 0.2) is 0 Å². The van der Waals surface area contributed by atoms with Crippen molar-refractivity contribution in [1.29, 1.82) is 0 Å². The predicted octanol–water partition coefficient (Wildman–Crippen LogP) is 1.45. The molecule has 4 heteroatoms. The molecule has 1 rings (SSSR count). The molecule has 0 saturated carbocycles. The predicted molar refractivity (Wildman–Crippen MR) is 58.7 cm³/mol. The van der Waals surface area contributed by atoms with E-state index in [1.165, 1.54) is 12.1 Å². The van der Waals surface area contributed by atoms with E-state index in [2.05, 4.69) is 0 Å². The van der Waals surface area contributed by atoms with Gasteiger partial charge in [-0.05, 0) is 31.5 Å². The molecule has 0 amide bonds. The minimum absolute atomic E-state index is 0.149. The Morgan fingerprint density at radius 2 is 1.88 bits per heavy atom. The van der Waals surface area contributed by atoms with Crippen LogP contribution in [0.25, 0.3) is 0 Å². The minimum Gasteiger partial charge on any atom is -0.508 e. The normalized spacial score (nSPS) is 14.2. The average molecular weight is 224 g/mol. The van der Waals surface area contributed by atoms with Gasteiger partial charge in [0.25, 0.3) is 0 Å². The van der Waals surface area contributed by atoms with Gasteiger partial charge in [0.1, 0.15) is 12.4 Å². The van der Waals surface area contributed by atoms with Crippen molar-refractivity contribution in [2.24, 2.45) is 5.92 Å². The molecule has 0 spiro atoms. The maximum absolute atomic E-state index is 11.4. The zero-order valence-corrected chi connectivity index (χ0v) is 9.38. The summed E-state index contributed by atoms with van der Waals surface area (Å²) in [7, 11) is 0. The Balaban J connectivity index is 2.46. The highest BCUT2D eigenvalue weighted by Gasteiger charge is 2.19. The highest BCUT2D eigenvalue weighted by Crippen LogP contribution is 2.12. The van der Waals surface area contributed by atoms with Crippen molar-refractivity contribution in [3.63, 3.8) is 0 Å². The number of aliphatic hydroxyl groups excluding tert-OH is 1. The molecule has 1 aromatic carbocycles. The fourth-order valence-electron chi connectivity index (χ4n) is 1.08. The van der Waals surface area contributed by atoms with E-state index in [0.717, 1.165) is 5.56 Å². The van der Waals surface area contributed by atoms with Gasteiger partial charge < -0.3 is 14.9 Å². The van der Waals surface area contributed by atoms with Crippen molar-refractivity contribution in [3.05, 3.63) is 29.8 Å². The molecule has 16 heavy (non-hydrogen) atoms. The first-order valence-electron chi connectivity index (χ1n) is 5.13. The van der Waals surface area contributed by atoms with E-state index in [-0.39, 0.29) is 12.4 Å². The van der Waals surface area contributed by atoms with Crippen LogP contribution in [0.15, 0.2) is 24.3 Å². The molecule has 0 radical (unpaired) electrons. The fraction of sp³-hybridized carbons (Fsp3) is 0.417. The molecular formula is C12H16O4. The number of phenols is 1. The summed E-state index contributed by atoms with van der Waals surface area (Å²) in [6, 6.07) is 6.41. The molecule has 88 valence electrons. The second-order valence-electron chi connectivity index (χ2n) is 3.80. The smallest absolute Gasteiger partial charge is 0.311 e. The molecule has 2 N–H and O–H groups in total. The number of aliphatic hydroxyl groups is 1. The molecule has 0 aliphatic carbocycles. The van der Waals surface area contributed by atoms with Crippen molar-refractivity contribution >= 4 is 5.97 Å². The number of carbonyl (C=O) groups is 1. The third-order valence-corrected chi connectivity index (χ3v) is 2.41. The number of hydrogen-bond acceptors (Lipinski definition) is 4. The van der Waals surface area contributed by atoms with Crippen LogP contribution < -0.4 is 0 Å². The molecule has 0 fully saturated rings. The Bertz CT molecular complexity index is 343. The summed E-state index contributed by atoms with van der Waals surface area (Å²) in [5.41, 5.74) is 0.795. The molecule has 0 saturated heterocycles. The van der Waals surface area contributed by atoms with Gasteiger partial charge in [-0.2, -0.15) is 0 Å². The third kappa shape index (κ3) is 3.55. The summed E-state index contributed by atoms with van der Waals surface area (Å²) in [4.78, 5) is 11.4. The van der Waals surface area contributed by atoms with Gasteiger partial charge in [-0.25, -0.2) is 0 Å². The molecule has 2 atom stereocenters. The molecule has 2 unspecified atom stereocenters. The summed E-state index contributed by atoms with van der Waals surface area (Å²) in [6.07, 6.45) is -0.715. The van der Waals surface area contributed by atoms with Gasteiger partial charge in [-0.1, -0.05) is 12.1 Å². The Hall–Kier alpha value is -1.55. The van der Waals surface area contributed by atoms with E-state index < -0.39 is 18.0 Å². The quantitative estimate of drug-likeness (QED) is 0.760. The number of ether oxygens (including phenoxy) is 1. The van der Waals surface area contributed by atoms with E-state index in [1.54, 1.807) is 26.0 Å². The van der Waals surface area contributed by atoms with Crippen LogP contribution in [-0.4, -0.2) is 22.3 Å². The van der Waals surface area contributed by atoms with E-state index in [9.17, 15) is 9.90 Å². The topological polar surface area (TPSA) is 66.8 Å². The monoisotopic (exact) mass is 224 g/mol. The third-order valence-electron chi connectivity index (χ3n) is 2.41. The SMILES string of the molecule is CC(O)C(C)C(=O)OCc1ccc(O)cc1. The van der Waals surface area contributed by atoms with Crippen LogP contribution in [0.1, 0.15) is 19.4 Å². The summed E-state index contributed by atoms with van der Waals surface area (Å²) < 4.78 is 5.01. The summed E-state index contributed by atoms with van der Waals surface area (Å²) in [6.45, 7) is 3.31. The van der Waals surface area contributed by atoms with Gasteiger partial charge in [-0.3, -0.25) is 4.79 Å². The molecule has 4 nitrogen and oxygen atoms in total. The lowest BCUT2D eigenvalue weighted by molar-refractivity contribution is -0.152. The fourth-order valence-corrected chi connectivity index (χ4v) is 1.08. The van der Waals surface area contributed by atoms with Gasteiger partial charge in [0.05, 0.1) is 12.0 Å². The number of rotatable bonds is 4. The number of hydrogen-bond donors (Lipinski definition) is 2. The van der Waals surface area contributed by atoms with Gasteiger partial charge in [0, 0.05) is 0 Å². The first-order valence-corrected chi connectivity index (χ1v) is 5.13. The van der Waals surface area contributed by atoms with Crippen molar-refractivity contribution in [1.82, 2.24) is 0 Å². The summed E-state index contributed by atoms with van der Waals surface area (Å²) >= 11 is 0. The standard InChI is InChI=1S/C12H16O4/c1-8(9(2)13)12(15)16-7-10-3-5-11(14)6-4-10/h3-6,8-9,13-14H,7H2,1-2H3. The van der Waals surface area contributed by atoms with E-state index in [4.69, 9.17) is 9.84 Å². The number of esters is 1. The zero-order valence-electron chi connectivity index (χ0n) is 9.38. The van der Waals surface area contributed by atoms with Crippen molar-refractivity contribution in [2.75, 3.05) is 0 Å². The Morgan fingerprint density at radius 3 is 2.38 bits per heavy atom. The van der Waals surface area contributed by atoms with Crippen LogP contribution in [0.2, 0.25) is 0 Å². The highest BCUT2D eigenvalue weighted by molar-refractivity contribution is 5.72. The number of phenolic OH excluding ortho intramolecular Hbond substituents is 1. The maximum Gasteiger partial charge on any atom is 0.311 e. The zero-order chi connectivity index (χ0) is 12.1. The molecular weight excluding hydrogens is 208 g/mol. The van der Waals surface area contributed by atoms with Crippen LogP contribution in [0.5, 0.6) is 5.75 Å². The first kappa shape index (κ1) is 12.5. The Kier molecular flexibility index (Phi) is 4.31. The molecule has 0 aliphatic rings. The number of aromatic hydroxyl groups is 1. The lowest BCUT2D eigenvalue weighted by Gasteiger charge is -2.13. The van der Waals surface area contributed by atoms with Crippen LogP contribution in [0.3, 0.4) is 0 Å². The number of carbonyl (C=O) groups excluding carboxylic acids is 1. The van der Waals surface area contributed by atoms with Crippen molar-refractivity contribution in [2.45, 2.75) is 26.6 Å². The molecule has 0 aliphatic heterocycles. The molecule has 1 aromatic rings. The van der Waals surface area contributed by atoms with Crippen LogP contribution >= 0.6 is 0 Å². The van der Waals surface area contributed by atoms with Crippen LogP contribution in [0, 0.1) is 5.92 Å². The van der Waals surface area contributed by atoms with Gasteiger partial charge in [0.2, 0.25) is 0 Å².